The Labute approximate surface area is 88.3 Å². The van der Waals surface area contributed by atoms with Gasteiger partial charge in [-0.25, -0.2) is 0 Å². The molecule has 2 aromatic rings. The fourth-order valence-electron chi connectivity index (χ4n) is 2.24. The molecule has 1 aliphatic rings. The molecular formula is C11H14N4. The summed E-state index contributed by atoms with van der Waals surface area (Å²) in [5.74, 6) is 0.693. The highest BCUT2D eigenvalue weighted by atomic mass is 15.2. The second-order valence-corrected chi connectivity index (χ2v) is 4.08. The number of nitrogens with zero attached hydrogens (tertiary/aromatic N) is 3. The van der Waals surface area contributed by atoms with Crippen molar-refractivity contribution in [2.75, 3.05) is 13.1 Å². The molecule has 3 heterocycles. The molecule has 3 rings (SSSR count). The predicted molar refractivity (Wildman–Crippen MR) is 57.8 cm³/mol. The van der Waals surface area contributed by atoms with E-state index in [-0.39, 0.29) is 0 Å². The summed E-state index contributed by atoms with van der Waals surface area (Å²) in [6.07, 6.45) is 6.38. The second kappa shape index (κ2) is 3.62. The van der Waals surface area contributed by atoms with Crippen molar-refractivity contribution in [3.05, 3.63) is 30.2 Å². The fraction of sp³-hybridized carbons (Fsp3) is 0.455. The summed E-state index contributed by atoms with van der Waals surface area (Å²) in [4.78, 5) is 0. The van der Waals surface area contributed by atoms with Crippen LogP contribution in [0, 0.1) is 0 Å². The third kappa shape index (κ3) is 1.61. The number of hydrogen-bond donors (Lipinski definition) is 1. The monoisotopic (exact) mass is 202 g/mol. The highest BCUT2D eigenvalue weighted by Gasteiger charge is 2.15. The van der Waals surface area contributed by atoms with Crippen molar-refractivity contribution < 1.29 is 0 Å². The zero-order valence-electron chi connectivity index (χ0n) is 8.56. The Balaban J connectivity index is 1.95. The number of nitrogens with one attached hydrogen (secondary N) is 1. The Hall–Kier alpha value is -1.42. The molecule has 0 saturated carbocycles. The fourth-order valence-corrected chi connectivity index (χ4v) is 2.24. The van der Waals surface area contributed by atoms with Crippen molar-refractivity contribution in [2.45, 2.75) is 18.8 Å². The Morgan fingerprint density at radius 3 is 3.00 bits per heavy atom. The summed E-state index contributed by atoms with van der Waals surface area (Å²) in [6, 6.07) is 4.23. The van der Waals surface area contributed by atoms with Gasteiger partial charge >= 0.3 is 0 Å². The van der Waals surface area contributed by atoms with Crippen LogP contribution in [0.3, 0.4) is 0 Å². The van der Waals surface area contributed by atoms with E-state index in [1.54, 1.807) is 6.33 Å². The Bertz CT molecular complexity index is 456. The molecule has 1 fully saturated rings. The molecule has 4 nitrogen and oxygen atoms in total. The Kier molecular flexibility index (Phi) is 2.14. The standard InChI is InChI=1S/C11H14N4/c1-2-11-14-13-8-15(11)7-10(1)9-3-5-12-6-4-9/h1-2,7-9,12H,3-6H2. The van der Waals surface area contributed by atoms with E-state index in [0.29, 0.717) is 5.92 Å². The molecule has 4 heteroatoms. The third-order valence-corrected chi connectivity index (χ3v) is 3.12. The van der Waals surface area contributed by atoms with Gasteiger partial charge in [-0.2, -0.15) is 0 Å². The number of fused-ring (bicyclic) bond motifs is 1. The van der Waals surface area contributed by atoms with Crippen molar-refractivity contribution in [1.82, 2.24) is 19.9 Å². The quantitative estimate of drug-likeness (QED) is 0.755. The van der Waals surface area contributed by atoms with Gasteiger partial charge in [0.25, 0.3) is 0 Å². The molecule has 1 aliphatic heterocycles. The molecule has 78 valence electrons. The molecule has 1 N–H and O–H groups in total. The Morgan fingerprint density at radius 1 is 1.27 bits per heavy atom. The van der Waals surface area contributed by atoms with E-state index in [1.807, 2.05) is 10.5 Å². The predicted octanol–water partition coefficient (Wildman–Crippen LogP) is 1.20. The number of piperidine rings is 1. The number of rotatable bonds is 1. The van der Waals surface area contributed by atoms with Crippen LogP contribution in [0.1, 0.15) is 24.3 Å². The number of pyridine rings is 1. The Morgan fingerprint density at radius 2 is 2.13 bits per heavy atom. The maximum absolute atomic E-state index is 4.01. The van der Waals surface area contributed by atoms with E-state index in [1.165, 1.54) is 18.4 Å². The molecule has 0 aliphatic carbocycles. The van der Waals surface area contributed by atoms with Crippen LogP contribution in [-0.2, 0) is 0 Å². The summed E-state index contributed by atoms with van der Waals surface area (Å²) < 4.78 is 2.00. The molecule has 0 spiro atoms. The zero-order chi connectivity index (χ0) is 10.1. The minimum Gasteiger partial charge on any atom is -0.317 e. The van der Waals surface area contributed by atoms with Crippen LogP contribution in [0.2, 0.25) is 0 Å². The lowest BCUT2D eigenvalue weighted by molar-refractivity contribution is 0.459. The van der Waals surface area contributed by atoms with E-state index in [9.17, 15) is 0 Å². The van der Waals surface area contributed by atoms with Crippen LogP contribution >= 0.6 is 0 Å². The normalized spacial score (nSPS) is 18.4. The minimum absolute atomic E-state index is 0.693. The molecule has 0 unspecified atom stereocenters. The van der Waals surface area contributed by atoms with Gasteiger partial charge in [0.2, 0.25) is 0 Å². The van der Waals surface area contributed by atoms with Gasteiger partial charge in [-0.1, -0.05) is 6.07 Å². The molecular weight excluding hydrogens is 188 g/mol. The largest absolute Gasteiger partial charge is 0.317 e. The molecule has 0 aromatic carbocycles. The third-order valence-electron chi connectivity index (χ3n) is 3.12. The molecule has 0 bridgehead atoms. The van der Waals surface area contributed by atoms with Gasteiger partial charge in [0.1, 0.15) is 6.33 Å². The van der Waals surface area contributed by atoms with Gasteiger partial charge in [0.05, 0.1) is 0 Å². The van der Waals surface area contributed by atoms with Crippen molar-refractivity contribution in [2.24, 2.45) is 0 Å². The zero-order valence-corrected chi connectivity index (χ0v) is 8.56. The first kappa shape index (κ1) is 8.85. The van der Waals surface area contributed by atoms with E-state index in [0.717, 1.165) is 18.7 Å². The summed E-state index contributed by atoms with van der Waals surface area (Å²) in [5, 5.41) is 11.3. The topological polar surface area (TPSA) is 42.2 Å². The minimum atomic E-state index is 0.693. The van der Waals surface area contributed by atoms with Crippen LogP contribution < -0.4 is 5.32 Å². The first-order chi connectivity index (χ1) is 7.43. The van der Waals surface area contributed by atoms with Crippen molar-refractivity contribution in [3.63, 3.8) is 0 Å². The van der Waals surface area contributed by atoms with Crippen LogP contribution in [0.4, 0.5) is 0 Å². The van der Waals surface area contributed by atoms with Crippen molar-refractivity contribution in [3.8, 4) is 0 Å². The van der Waals surface area contributed by atoms with E-state index in [2.05, 4.69) is 27.8 Å². The molecule has 0 radical (unpaired) electrons. The summed E-state index contributed by atoms with van der Waals surface area (Å²) in [7, 11) is 0. The smallest absolute Gasteiger partial charge is 0.160 e. The van der Waals surface area contributed by atoms with E-state index < -0.39 is 0 Å². The van der Waals surface area contributed by atoms with Gasteiger partial charge in [0, 0.05) is 6.20 Å². The molecule has 2 aromatic heterocycles. The van der Waals surface area contributed by atoms with Crippen LogP contribution in [0.25, 0.3) is 5.65 Å². The van der Waals surface area contributed by atoms with Crippen molar-refractivity contribution >= 4 is 5.65 Å². The first-order valence-electron chi connectivity index (χ1n) is 5.43. The first-order valence-corrected chi connectivity index (χ1v) is 5.43. The average Bonchev–Trinajstić information content (AvgIpc) is 2.77. The van der Waals surface area contributed by atoms with Gasteiger partial charge in [0.15, 0.2) is 5.65 Å². The van der Waals surface area contributed by atoms with Crippen LogP contribution in [0.5, 0.6) is 0 Å². The number of hydrogen-bond acceptors (Lipinski definition) is 3. The highest BCUT2D eigenvalue weighted by Crippen LogP contribution is 2.24. The molecule has 0 atom stereocenters. The lowest BCUT2D eigenvalue weighted by Crippen LogP contribution is -2.26. The van der Waals surface area contributed by atoms with Gasteiger partial charge < -0.3 is 5.32 Å². The summed E-state index contributed by atoms with van der Waals surface area (Å²) in [6.45, 7) is 2.26. The van der Waals surface area contributed by atoms with Crippen LogP contribution in [0.15, 0.2) is 24.7 Å². The van der Waals surface area contributed by atoms with Gasteiger partial charge in [-0.15, -0.1) is 10.2 Å². The van der Waals surface area contributed by atoms with E-state index in [4.69, 9.17) is 0 Å². The summed E-state index contributed by atoms with van der Waals surface area (Å²) >= 11 is 0. The SMILES string of the molecule is c1cc2nncn2cc1C1CCNCC1. The van der Waals surface area contributed by atoms with Gasteiger partial charge in [-0.3, -0.25) is 4.40 Å². The maximum atomic E-state index is 4.01. The highest BCUT2D eigenvalue weighted by molar-refractivity contribution is 5.38. The van der Waals surface area contributed by atoms with E-state index >= 15 is 0 Å². The molecule has 0 amide bonds. The number of aromatic nitrogens is 3. The maximum Gasteiger partial charge on any atom is 0.160 e. The van der Waals surface area contributed by atoms with Crippen molar-refractivity contribution in [1.29, 1.82) is 0 Å². The lowest BCUT2D eigenvalue weighted by atomic mass is 9.91. The second-order valence-electron chi connectivity index (χ2n) is 4.08. The average molecular weight is 202 g/mol. The lowest BCUT2D eigenvalue weighted by Gasteiger charge is -2.22. The summed E-state index contributed by atoms with van der Waals surface area (Å²) in [5.41, 5.74) is 2.33. The van der Waals surface area contributed by atoms with Gasteiger partial charge in [-0.05, 0) is 43.5 Å². The molecule has 1 saturated heterocycles. The van der Waals surface area contributed by atoms with Crippen LogP contribution in [-0.4, -0.2) is 27.7 Å². The molecule has 15 heavy (non-hydrogen) atoms.